The van der Waals surface area contributed by atoms with Crippen LogP contribution in [0.4, 0.5) is 0 Å². The lowest BCUT2D eigenvalue weighted by atomic mass is 9.89. The molecule has 1 aliphatic rings. The van der Waals surface area contributed by atoms with E-state index in [9.17, 15) is 9.59 Å². The molecule has 0 spiro atoms. The first-order valence-electron chi connectivity index (χ1n) is 7.50. The summed E-state index contributed by atoms with van der Waals surface area (Å²) in [6, 6.07) is 11.0. The summed E-state index contributed by atoms with van der Waals surface area (Å²) < 4.78 is 5.09. The van der Waals surface area contributed by atoms with Gasteiger partial charge in [0.1, 0.15) is 0 Å². The molecule has 4 rings (SSSR count). The van der Waals surface area contributed by atoms with Crippen molar-refractivity contribution in [3.8, 4) is 11.3 Å². The molecule has 24 heavy (non-hydrogen) atoms. The largest absolute Gasteiger partial charge is 0.459 e. The number of rotatable bonds is 3. The number of amides is 2. The summed E-state index contributed by atoms with van der Waals surface area (Å²) in [5.41, 5.74) is 11.8. The van der Waals surface area contributed by atoms with Crippen LogP contribution in [0.15, 0.2) is 47.1 Å². The molecule has 7 nitrogen and oxygen atoms in total. The number of primary amides is 1. The average Bonchev–Trinajstić information content (AvgIpc) is 3.23. The van der Waals surface area contributed by atoms with E-state index in [0.29, 0.717) is 12.1 Å². The number of nitrogens with zero attached hydrogens (tertiary/aromatic N) is 2. The van der Waals surface area contributed by atoms with Gasteiger partial charge in [-0.25, -0.2) is 5.43 Å². The van der Waals surface area contributed by atoms with E-state index in [4.69, 9.17) is 10.2 Å². The van der Waals surface area contributed by atoms with Crippen LogP contribution in [-0.4, -0.2) is 21.7 Å². The highest BCUT2D eigenvalue weighted by atomic mass is 16.3. The first-order chi connectivity index (χ1) is 11.6. The second-order valence-corrected chi connectivity index (χ2v) is 5.53. The van der Waals surface area contributed by atoms with Crippen LogP contribution in [0.5, 0.6) is 0 Å². The van der Waals surface area contributed by atoms with Gasteiger partial charge in [-0.1, -0.05) is 24.3 Å². The Labute approximate surface area is 137 Å². The monoisotopic (exact) mass is 322 g/mol. The van der Waals surface area contributed by atoms with Gasteiger partial charge in [-0.05, 0) is 30.5 Å². The average molecular weight is 322 g/mol. The SMILES string of the molecule is NC(=O)c1nn(NC(=O)c2ccco2)c2c1CCc1ccccc1-2. The minimum absolute atomic E-state index is 0.156. The summed E-state index contributed by atoms with van der Waals surface area (Å²) in [5.74, 6) is -0.912. The van der Waals surface area contributed by atoms with Crippen molar-refractivity contribution in [2.24, 2.45) is 5.73 Å². The molecular weight excluding hydrogens is 308 g/mol. The van der Waals surface area contributed by atoms with Gasteiger partial charge < -0.3 is 10.2 Å². The van der Waals surface area contributed by atoms with Crippen molar-refractivity contribution in [3.63, 3.8) is 0 Å². The fraction of sp³-hybridized carbons (Fsp3) is 0.118. The lowest BCUT2D eigenvalue weighted by molar-refractivity contribution is 0.0970. The third-order valence-corrected chi connectivity index (χ3v) is 4.09. The van der Waals surface area contributed by atoms with Crippen LogP contribution in [0, 0.1) is 0 Å². The fourth-order valence-electron chi connectivity index (χ4n) is 3.03. The molecule has 0 bridgehead atoms. The number of aryl methyl sites for hydroxylation is 1. The van der Waals surface area contributed by atoms with E-state index < -0.39 is 11.8 Å². The van der Waals surface area contributed by atoms with Crippen molar-refractivity contribution in [2.45, 2.75) is 12.8 Å². The first-order valence-corrected chi connectivity index (χ1v) is 7.50. The van der Waals surface area contributed by atoms with Crippen LogP contribution >= 0.6 is 0 Å². The van der Waals surface area contributed by atoms with E-state index in [1.807, 2.05) is 24.3 Å². The van der Waals surface area contributed by atoms with E-state index >= 15 is 0 Å². The number of hydrogen-bond donors (Lipinski definition) is 2. The van der Waals surface area contributed by atoms with Gasteiger partial charge in [0.15, 0.2) is 11.5 Å². The number of carbonyl (C=O) groups is 2. The topological polar surface area (TPSA) is 103 Å². The van der Waals surface area contributed by atoms with Gasteiger partial charge in [0.25, 0.3) is 5.91 Å². The van der Waals surface area contributed by atoms with Gasteiger partial charge in [0.2, 0.25) is 0 Å². The predicted octanol–water partition coefficient (Wildman–Crippen LogP) is 1.72. The second-order valence-electron chi connectivity index (χ2n) is 5.53. The van der Waals surface area contributed by atoms with Crippen molar-refractivity contribution in [1.82, 2.24) is 9.89 Å². The van der Waals surface area contributed by atoms with Crippen LogP contribution in [0.1, 0.15) is 32.2 Å². The minimum atomic E-state index is -0.614. The molecule has 0 saturated heterocycles. The summed E-state index contributed by atoms with van der Waals surface area (Å²) in [5, 5.41) is 4.21. The van der Waals surface area contributed by atoms with Crippen molar-refractivity contribution >= 4 is 11.8 Å². The van der Waals surface area contributed by atoms with E-state index in [1.54, 1.807) is 12.1 Å². The Morgan fingerprint density at radius 2 is 2.00 bits per heavy atom. The normalized spacial score (nSPS) is 12.3. The standard InChI is InChI=1S/C17H14N4O3/c18-16(22)14-12-8-7-10-4-1-2-5-11(10)15(12)21(19-14)20-17(23)13-6-3-9-24-13/h1-6,9H,7-8H2,(H2,18,22)(H,20,23). The zero-order valence-corrected chi connectivity index (χ0v) is 12.7. The van der Waals surface area contributed by atoms with Crippen molar-refractivity contribution in [1.29, 1.82) is 0 Å². The first kappa shape index (κ1) is 14.3. The molecule has 0 fully saturated rings. The van der Waals surface area contributed by atoms with Crippen LogP contribution < -0.4 is 11.2 Å². The van der Waals surface area contributed by atoms with E-state index in [2.05, 4.69) is 10.5 Å². The number of benzene rings is 1. The molecule has 1 aliphatic carbocycles. The van der Waals surface area contributed by atoms with Gasteiger partial charge in [0, 0.05) is 11.1 Å². The summed E-state index contributed by atoms with van der Waals surface area (Å²) in [6.45, 7) is 0. The molecule has 7 heteroatoms. The molecule has 3 N–H and O–H groups in total. The smallest absolute Gasteiger partial charge is 0.307 e. The molecule has 1 aromatic carbocycles. The van der Waals surface area contributed by atoms with E-state index in [1.165, 1.54) is 11.1 Å². The number of nitrogens with one attached hydrogen (secondary N) is 1. The molecule has 0 atom stereocenters. The molecule has 2 aromatic heterocycles. The number of furan rings is 1. The Bertz CT molecular complexity index is 941. The predicted molar refractivity (Wildman–Crippen MR) is 86.0 cm³/mol. The van der Waals surface area contributed by atoms with Crippen LogP contribution in [-0.2, 0) is 12.8 Å². The Morgan fingerprint density at radius 3 is 2.75 bits per heavy atom. The van der Waals surface area contributed by atoms with Crippen LogP contribution in [0.25, 0.3) is 11.3 Å². The van der Waals surface area contributed by atoms with Crippen molar-refractivity contribution < 1.29 is 14.0 Å². The van der Waals surface area contributed by atoms with Crippen molar-refractivity contribution in [3.05, 3.63) is 65.2 Å². The lowest BCUT2D eigenvalue weighted by Gasteiger charge is -2.18. The molecular formula is C17H14N4O3. The Kier molecular flexibility index (Phi) is 3.19. The van der Waals surface area contributed by atoms with E-state index in [0.717, 1.165) is 23.1 Å². The number of nitrogens with two attached hydrogens (primary N) is 1. The van der Waals surface area contributed by atoms with Crippen LogP contribution in [0.3, 0.4) is 0 Å². The molecule has 3 aromatic rings. The van der Waals surface area contributed by atoms with Gasteiger partial charge >= 0.3 is 5.91 Å². The maximum absolute atomic E-state index is 12.3. The summed E-state index contributed by atoms with van der Waals surface area (Å²) >= 11 is 0. The Morgan fingerprint density at radius 1 is 1.17 bits per heavy atom. The number of carbonyl (C=O) groups excluding carboxylic acids is 2. The summed E-state index contributed by atoms with van der Waals surface area (Å²) in [4.78, 5) is 25.3. The molecule has 0 aliphatic heterocycles. The van der Waals surface area contributed by atoms with Crippen molar-refractivity contribution in [2.75, 3.05) is 5.43 Å². The van der Waals surface area contributed by atoms with Gasteiger partial charge in [-0.3, -0.25) is 9.59 Å². The highest BCUT2D eigenvalue weighted by Gasteiger charge is 2.28. The summed E-state index contributed by atoms with van der Waals surface area (Å²) in [6.07, 6.45) is 2.85. The number of hydrogen-bond acceptors (Lipinski definition) is 4. The number of fused-ring (bicyclic) bond motifs is 3. The highest BCUT2D eigenvalue weighted by Crippen LogP contribution is 2.34. The molecule has 0 saturated carbocycles. The Hall–Kier alpha value is -3.35. The second kappa shape index (κ2) is 5.38. The zero-order chi connectivity index (χ0) is 16.7. The third kappa shape index (κ3) is 2.18. The zero-order valence-electron chi connectivity index (χ0n) is 12.7. The highest BCUT2D eigenvalue weighted by molar-refractivity contribution is 5.99. The lowest BCUT2D eigenvalue weighted by Crippen LogP contribution is -2.25. The number of aromatic nitrogens is 2. The maximum Gasteiger partial charge on any atom is 0.307 e. The van der Waals surface area contributed by atoms with Gasteiger partial charge in [-0.15, -0.1) is 5.10 Å². The molecule has 0 unspecified atom stereocenters. The van der Waals surface area contributed by atoms with Gasteiger partial charge in [-0.2, -0.15) is 4.79 Å². The summed E-state index contributed by atoms with van der Waals surface area (Å²) in [7, 11) is 0. The molecule has 2 amide bonds. The Balaban J connectivity index is 1.84. The molecule has 0 radical (unpaired) electrons. The van der Waals surface area contributed by atoms with Gasteiger partial charge in [0.05, 0.1) is 12.0 Å². The molecule has 2 heterocycles. The maximum atomic E-state index is 12.3. The van der Waals surface area contributed by atoms with E-state index in [-0.39, 0.29) is 11.5 Å². The van der Waals surface area contributed by atoms with Crippen LogP contribution in [0.2, 0.25) is 0 Å². The quantitative estimate of drug-likeness (QED) is 0.766. The fourth-order valence-corrected chi connectivity index (χ4v) is 3.03. The minimum Gasteiger partial charge on any atom is -0.459 e. The molecule has 120 valence electrons. The third-order valence-electron chi connectivity index (χ3n) is 4.09.